The fraction of sp³-hybridized carbons (Fsp3) is 1.00. The highest BCUT2D eigenvalue weighted by molar-refractivity contribution is 9.12. The zero-order chi connectivity index (χ0) is 9.14. The van der Waals surface area contributed by atoms with Gasteiger partial charge in [-0.2, -0.15) is 0 Å². The van der Waals surface area contributed by atoms with Crippen molar-refractivity contribution < 1.29 is 0 Å². The maximum Gasteiger partial charge on any atom is 0.0274 e. The Morgan fingerprint density at radius 3 is 2.33 bits per heavy atom. The van der Waals surface area contributed by atoms with Crippen LogP contribution in [-0.2, 0) is 0 Å². The zero-order valence-electron chi connectivity index (χ0n) is 6.65. The van der Waals surface area contributed by atoms with Gasteiger partial charge >= 0.3 is 0 Å². The molecule has 0 unspecified atom stereocenters. The predicted molar refractivity (Wildman–Crippen MR) is 69.3 cm³/mol. The Hall–Kier alpha value is 1.92. The number of rotatable bonds is 2. The van der Waals surface area contributed by atoms with Crippen LogP contribution >= 0.6 is 63.7 Å². The fourth-order valence-corrected chi connectivity index (χ4v) is 3.80. The molecule has 12 heavy (non-hydrogen) atoms. The molecular weight excluding hydrogens is 416 g/mol. The SMILES string of the molecule is BrC[C@H](Br)[C@@H]1CC[C@H](Br)[C@@H](Br)C1. The van der Waals surface area contributed by atoms with Crippen molar-refractivity contribution in [3.05, 3.63) is 0 Å². The largest absolute Gasteiger partial charge is 0.0916 e. The van der Waals surface area contributed by atoms with E-state index in [0.29, 0.717) is 14.5 Å². The van der Waals surface area contributed by atoms with Gasteiger partial charge < -0.3 is 0 Å². The van der Waals surface area contributed by atoms with Gasteiger partial charge in [0.1, 0.15) is 0 Å². The highest BCUT2D eigenvalue weighted by Crippen LogP contribution is 2.37. The first kappa shape index (κ1) is 12.0. The number of hydrogen-bond donors (Lipinski definition) is 0. The third kappa shape index (κ3) is 3.25. The van der Waals surface area contributed by atoms with E-state index in [1.54, 1.807) is 0 Å². The Bertz CT molecular complexity index is 139. The summed E-state index contributed by atoms with van der Waals surface area (Å²) in [7, 11) is 0. The maximum absolute atomic E-state index is 3.71. The van der Waals surface area contributed by atoms with Crippen molar-refractivity contribution in [1.82, 2.24) is 0 Å². The quantitative estimate of drug-likeness (QED) is 0.570. The van der Waals surface area contributed by atoms with E-state index in [-0.39, 0.29) is 0 Å². The first-order chi connectivity index (χ1) is 5.65. The van der Waals surface area contributed by atoms with Crippen LogP contribution in [0.2, 0.25) is 0 Å². The van der Waals surface area contributed by atoms with Crippen LogP contribution in [0.4, 0.5) is 0 Å². The van der Waals surface area contributed by atoms with Crippen LogP contribution in [0.15, 0.2) is 0 Å². The second-order valence-electron chi connectivity index (χ2n) is 3.28. The highest BCUT2D eigenvalue weighted by atomic mass is 79.9. The van der Waals surface area contributed by atoms with Crippen LogP contribution in [-0.4, -0.2) is 19.8 Å². The minimum atomic E-state index is 0.637. The Labute approximate surface area is 108 Å². The van der Waals surface area contributed by atoms with Crippen molar-refractivity contribution in [3.63, 3.8) is 0 Å². The molecule has 0 spiro atoms. The number of alkyl halides is 4. The van der Waals surface area contributed by atoms with Crippen LogP contribution < -0.4 is 0 Å². The number of halogens is 4. The Morgan fingerprint density at radius 2 is 1.83 bits per heavy atom. The van der Waals surface area contributed by atoms with Gasteiger partial charge in [-0.3, -0.25) is 0 Å². The Balaban J connectivity index is 2.39. The van der Waals surface area contributed by atoms with Crippen molar-refractivity contribution >= 4 is 63.7 Å². The van der Waals surface area contributed by atoms with Crippen molar-refractivity contribution in [2.24, 2.45) is 5.92 Å². The highest BCUT2D eigenvalue weighted by Gasteiger charge is 2.30. The van der Waals surface area contributed by atoms with Crippen LogP contribution in [0.25, 0.3) is 0 Å². The molecule has 0 aromatic rings. The standard InChI is InChI=1S/C8H12Br4/c9-4-8(12)5-1-2-6(10)7(11)3-5/h5-8H,1-4H2/t5-,6+,7+,8+/m1/s1. The van der Waals surface area contributed by atoms with Crippen LogP contribution in [0.5, 0.6) is 0 Å². The summed E-state index contributed by atoms with van der Waals surface area (Å²) in [5.74, 6) is 0.822. The summed E-state index contributed by atoms with van der Waals surface area (Å²) < 4.78 is 0. The summed E-state index contributed by atoms with van der Waals surface area (Å²) in [6.45, 7) is 0. The van der Waals surface area contributed by atoms with Crippen LogP contribution in [0.1, 0.15) is 19.3 Å². The molecule has 0 saturated heterocycles. The van der Waals surface area contributed by atoms with Crippen molar-refractivity contribution in [1.29, 1.82) is 0 Å². The first-order valence-corrected chi connectivity index (χ1v) is 8.00. The Kier molecular flexibility index (Phi) is 5.71. The summed E-state index contributed by atoms with van der Waals surface area (Å²) >= 11 is 14.6. The molecule has 0 amide bonds. The minimum absolute atomic E-state index is 0.637. The molecule has 0 aliphatic heterocycles. The lowest BCUT2D eigenvalue weighted by Gasteiger charge is -2.32. The molecule has 4 atom stereocenters. The molecule has 0 N–H and O–H groups in total. The molecule has 1 saturated carbocycles. The van der Waals surface area contributed by atoms with E-state index in [1.807, 2.05) is 0 Å². The van der Waals surface area contributed by atoms with Crippen molar-refractivity contribution in [2.45, 2.75) is 33.7 Å². The molecule has 1 rings (SSSR count). The van der Waals surface area contributed by atoms with Crippen LogP contribution in [0, 0.1) is 5.92 Å². The molecular formula is C8H12Br4. The smallest absolute Gasteiger partial charge is 0.0274 e. The van der Waals surface area contributed by atoms with Gasteiger partial charge in [0, 0.05) is 19.8 Å². The zero-order valence-corrected chi connectivity index (χ0v) is 13.0. The molecule has 0 aromatic carbocycles. The molecule has 1 fully saturated rings. The van der Waals surface area contributed by atoms with Gasteiger partial charge in [0.05, 0.1) is 0 Å². The summed E-state index contributed by atoms with van der Waals surface area (Å²) in [4.78, 5) is 1.96. The third-order valence-corrected chi connectivity index (χ3v) is 7.85. The predicted octanol–water partition coefficient (Wildman–Crippen LogP) is 4.47. The van der Waals surface area contributed by atoms with Crippen molar-refractivity contribution in [3.8, 4) is 0 Å². The van der Waals surface area contributed by atoms with Crippen LogP contribution in [0.3, 0.4) is 0 Å². The van der Waals surface area contributed by atoms with E-state index in [1.165, 1.54) is 19.3 Å². The van der Waals surface area contributed by atoms with E-state index in [2.05, 4.69) is 63.7 Å². The Morgan fingerprint density at radius 1 is 1.17 bits per heavy atom. The molecule has 72 valence electrons. The van der Waals surface area contributed by atoms with E-state index >= 15 is 0 Å². The molecule has 4 heteroatoms. The molecule has 0 heterocycles. The minimum Gasteiger partial charge on any atom is -0.0916 e. The topological polar surface area (TPSA) is 0 Å². The average Bonchev–Trinajstić information content (AvgIpc) is 2.08. The van der Waals surface area contributed by atoms with Gasteiger partial charge in [-0.1, -0.05) is 63.7 Å². The normalized spacial score (nSPS) is 39.5. The van der Waals surface area contributed by atoms with E-state index in [9.17, 15) is 0 Å². The summed E-state index contributed by atoms with van der Waals surface area (Å²) in [5.41, 5.74) is 0. The van der Waals surface area contributed by atoms with E-state index in [0.717, 1.165) is 11.2 Å². The average molecular weight is 428 g/mol. The third-order valence-electron chi connectivity index (χ3n) is 2.39. The second kappa shape index (κ2) is 5.72. The molecule has 0 nitrogen and oxygen atoms in total. The van der Waals surface area contributed by atoms with Gasteiger partial charge in [-0.25, -0.2) is 0 Å². The molecule has 1 aliphatic rings. The van der Waals surface area contributed by atoms with E-state index < -0.39 is 0 Å². The van der Waals surface area contributed by atoms with Gasteiger partial charge in [-0.15, -0.1) is 0 Å². The second-order valence-corrected chi connectivity index (χ2v) is 7.45. The summed E-state index contributed by atoms with van der Waals surface area (Å²) in [6.07, 6.45) is 3.90. The van der Waals surface area contributed by atoms with Crippen molar-refractivity contribution in [2.75, 3.05) is 5.33 Å². The van der Waals surface area contributed by atoms with E-state index in [4.69, 9.17) is 0 Å². The lowest BCUT2D eigenvalue weighted by atomic mass is 9.87. The molecule has 0 radical (unpaired) electrons. The molecule has 1 aliphatic carbocycles. The number of hydrogen-bond acceptors (Lipinski definition) is 0. The van der Waals surface area contributed by atoms with Gasteiger partial charge in [0.2, 0.25) is 0 Å². The lowest BCUT2D eigenvalue weighted by Crippen LogP contribution is -2.30. The summed E-state index contributed by atoms with van der Waals surface area (Å²) in [5, 5.41) is 1.06. The molecule has 0 bridgehead atoms. The van der Waals surface area contributed by atoms with Gasteiger partial charge in [0.15, 0.2) is 0 Å². The maximum atomic E-state index is 3.71. The van der Waals surface area contributed by atoms with Gasteiger partial charge in [-0.05, 0) is 25.2 Å². The molecule has 0 aromatic heterocycles. The monoisotopic (exact) mass is 424 g/mol. The van der Waals surface area contributed by atoms with Gasteiger partial charge in [0.25, 0.3) is 0 Å². The fourth-order valence-electron chi connectivity index (χ4n) is 1.56. The first-order valence-electron chi connectivity index (χ1n) is 4.13. The lowest BCUT2D eigenvalue weighted by molar-refractivity contribution is 0.383. The summed E-state index contributed by atoms with van der Waals surface area (Å²) in [6, 6.07) is 0.